The number of amides is 1. The molecule has 0 radical (unpaired) electrons. The summed E-state index contributed by atoms with van der Waals surface area (Å²) in [5.41, 5.74) is 14.0. The van der Waals surface area contributed by atoms with Gasteiger partial charge in [-0.3, -0.25) is 4.79 Å². The Bertz CT molecular complexity index is 998. The number of anilines is 2. The quantitative estimate of drug-likeness (QED) is 0.473. The minimum Gasteiger partial charge on any atom is -0.383 e. The van der Waals surface area contributed by atoms with Gasteiger partial charge in [0.1, 0.15) is 18.0 Å². The van der Waals surface area contributed by atoms with E-state index in [1.807, 2.05) is 38.1 Å². The number of nitrogens with one attached hydrogen (secondary N) is 2. The summed E-state index contributed by atoms with van der Waals surface area (Å²) in [7, 11) is 0. The van der Waals surface area contributed by atoms with Crippen molar-refractivity contribution in [2.45, 2.75) is 44.7 Å². The first kappa shape index (κ1) is 23.7. The number of halogens is 1. The van der Waals surface area contributed by atoms with E-state index in [1.165, 1.54) is 12.5 Å². The molecular formula is C23H30ClN7O. The van der Waals surface area contributed by atoms with E-state index in [-0.39, 0.29) is 11.9 Å². The Morgan fingerprint density at radius 1 is 1.31 bits per heavy atom. The fourth-order valence-corrected chi connectivity index (χ4v) is 4.09. The van der Waals surface area contributed by atoms with Crippen LogP contribution < -0.4 is 21.7 Å². The molecule has 1 saturated heterocycles. The molecular weight excluding hydrogens is 426 g/mol. The van der Waals surface area contributed by atoms with Gasteiger partial charge >= 0.3 is 0 Å². The number of allylic oxidation sites excluding steroid dienone is 2. The Morgan fingerprint density at radius 3 is 2.53 bits per heavy atom. The minimum atomic E-state index is -0.972. The van der Waals surface area contributed by atoms with Crippen molar-refractivity contribution >= 4 is 40.9 Å². The van der Waals surface area contributed by atoms with Crippen LogP contribution in [0.3, 0.4) is 0 Å². The summed E-state index contributed by atoms with van der Waals surface area (Å²) >= 11 is 5.99. The van der Waals surface area contributed by atoms with Gasteiger partial charge in [-0.1, -0.05) is 36.7 Å². The van der Waals surface area contributed by atoms with Crippen LogP contribution in [0.15, 0.2) is 36.7 Å². The van der Waals surface area contributed by atoms with E-state index in [0.717, 1.165) is 12.0 Å². The van der Waals surface area contributed by atoms with Gasteiger partial charge in [0.25, 0.3) is 0 Å². The summed E-state index contributed by atoms with van der Waals surface area (Å²) < 4.78 is 0. The summed E-state index contributed by atoms with van der Waals surface area (Å²) in [6.45, 7) is 4.95. The maximum atomic E-state index is 13.1. The van der Waals surface area contributed by atoms with Crippen molar-refractivity contribution in [2.24, 2.45) is 5.73 Å². The molecule has 0 aliphatic carbocycles. The van der Waals surface area contributed by atoms with Crippen molar-refractivity contribution in [2.75, 3.05) is 23.7 Å². The van der Waals surface area contributed by atoms with E-state index in [0.29, 0.717) is 53.7 Å². The highest BCUT2D eigenvalue weighted by molar-refractivity contribution is 6.30. The van der Waals surface area contributed by atoms with Crippen LogP contribution >= 0.6 is 11.6 Å². The van der Waals surface area contributed by atoms with Gasteiger partial charge in [-0.15, -0.1) is 0 Å². The van der Waals surface area contributed by atoms with Crippen molar-refractivity contribution in [3.63, 3.8) is 0 Å². The van der Waals surface area contributed by atoms with E-state index in [9.17, 15) is 4.79 Å². The van der Waals surface area contributed by atoms with Crippen LogP contribution in [0.2, 0.25) is 5.02 Å². The number of nitrogens with two attached hydrogens (primary N) is 2. The van der Waals surface area contributed by atoms with E-state index in [1.54, 1.807) is 6.08 Å². The SMILES string of the molecule is C/C=C(\C=N)c1c(N)ncnc1N1CCC(N)(C(=O)N[C@@H](CC)c2ccc(Cl)cc2)CC1. The molecule has 0 saturated carbocycles. The molecule has 6 N–H and O–H groups in total. The molecule has 32 heavy (non-hydrogen) atoms. The Hall–Kier alpha value is -2.97. The number of carbonyl (C=O) groups is 1. The smallest absolute Gasteiger partial charge is 0.240 e. The molecule has 1 aliphatic heterocycles. The largest absolute Gasteiger partial charge is 0.383 e. The second kappa shape index (κ2) is 10.1. The Balaban J connectivity index is 1.73. The van der Waals surface area contributed by atoms with Crippen molar-refractivity contribution in [1.29, 1.82) is 5.41 Å². The number of benzene rings is 1. The summed E-state index contributed by atoms with van der Waals surface area (Å²) in [5.74, 6) is 0.821. The standard InChI is InChI=1S/C23H30ClN7O/c1-3-15(13-25)19-20(26)28-14-29-21(19)31-11-9-23(27,10-12-31)22(32)30-18(4-2)16-5-7-17(24)8-6-16/h3,5-8,13-14,18,25H,4,9-12,27H2,1-2H3,(H,30,32)(H2,26,28,29)/b15-3+,25-13?/t18-/m0/s1. The van der Waals surface area contributed by atoms with Crippen molar-refractivity contribution in [3.05, 3.63) is 52.8 Å². The Kier molecular flexibility index (Phi) is 7.48. The molecule has 1 atom stereocenters. The Morgan fingerprint density at radius 2 is 1.97 bits per heavy atom. The first-order valence-electron chi connectivity index (χ1n) is 10.7. The van der Waals surface area contributed by atoms with Gasteiger partial charge in [-0.05, 0) is 43.9 Å². The average molecular weight is 456 g/mol. The predicted octanol–water partition coefficient (Wildman–Crippen LogP) is 3.33. The Labute approximate surface area is 193 Å². The molecule has 3 rings (SSSR count). The van der Waals surface area contributed by atoms with Gasteiger partial charge in [0.2, 0.25) is 5.91 Å². The lowest BCUT2D eigenvalue weighted by atomic mass is 9.86. The van der Waals surface area contributed by atoms with Crippen LogP contribution in [-0.2, 0) is 4.79 Å². The highest BCUT2D eigenvalue weighted by atomic mass is 35.5. The molecule has 1 aliphatic rings. The summed E-state index contributed by atoms with van der Waals surface area (Å²) in [4.78, 5) is 23.7. The van der Waals surface area contributed by atoms with Gasteiger partial charge in [-0.2, -0.15) is 0 Å². The lowest BCUT2D eigenvalue weighted by Crippen LogP contribution is -2.60. The van der Waals surface area contributed by atoms with Crippen molar-refractivity contribution in [1.82, 2.24) is 15.3 Å². The molecule has 1 fully saturated rings. The third-order valence-corrected chi connectivity index (χ3v) is 6.26. The van der Waals surface area contributed by atoms with E-state index >= 15 is 0 Å². The third kappa shape index (κ3) is 4.92. The van der Waals surface area contributed by atoms with Crippen LogP contribution in [0.25, 0.3) is 5.57 Å². The average Bonchev–Trinajstić information content (AvgIpc) is 2.80. The minimum absolute atomic E-state index is 0.128. The van der Waals surface area contributed by atoms with Crippen molar-refractivity contribution in [3.8, 4) is 0 Å². The first-order valence-corrected chi connectivity index (χ1v) is 11.1. The zero-order valence-corrected chi connectivity index (χ0v) is 19.2. The fraction of sp³-hybridized carbons (Fsp3) is 0.391. The number of piperidine rings is 1. The van der Waals surface area contributed by atoms with Gasteiger partial charge in [0.05, 0.1) is 17.1 Å². The number of hydrogen-bond donors (Lipinski definition) is 4. The highest BCUT2D eigenvalue weighted by Crippen LogP contribution is 2.32. The molecule has 1 aromatic carbocycles. The van der Waals surface area contributed by atoms with Crippen LogP contribution in [-0.4, -0.2) is 40.7 Å². The molecule has 1 aromatic heterocycles. The second-order valence-electron chi connectivity index (χ2n) is 7.97. The lowest BCUT2D eigenvalue weighted by molar-refractivity contribution is -0.127. The van der Waals surface area contributed by atoms with Crippen LogP contribution in [0, 0.1) is 5.41 Å². The monoisotopic (exact) mass is 455 g/mol. The normalized spacial score (nSPS) is 17.0. The fourth-order valence-electron chi connectivity index (χ4n) is 3.97. The molecule has 2 heterocycles. The predicted molar refractivity (Wildman–Crippen MR) is 130 cm³/mol. The molecule has 1 amide bonds. The number of hydrogen-bond acceptors (Lipinski definition) is 7. The van der Waals surface area contributed by atoms with Crippen LogP contribution in [0.5, 0.6) is 0 Å². The number of carbonyl (C=O) groups excluding carboxylic acids is 1. The lowest BCUT2D eigenvalue weighted by Gasteiger charge is -2.39. The number of nitrogens with zero attached hydrogens (tertiary/aromatic N) is 3. The molecule has 0 spiro atoms. The third-order valence-electron chi connectivity index (χ3n) is 6.01. The maximum absolute atomic E-state index is 13.1. The highest BCUT2D eigenvalue weighted by Gasteiger charge is 2.39. The molecule has 8 nitrogen and oxygen atoms in total. The summed E-state index contributed by atoms with van der Waals surface area (Å²) in [6.07, 6.45) is 6.14. The van der Waals surface area contributed by atoms with Crippen LogP contribution in [0.4, 0.5) is 11.6 Å². The summed E-state index contributed by atoms with van der Waals surface area (Å²) in [5, 5.41) is 11.5. The zero-order chi connectivity index (χ0) is 23.3. The van der Waals surface area contributed by atoms with Crippen molar-refractivity contribution < 1.29 is 4.79 Å². The van der Waals surface area contributed by atoms with E-state index in [2.05, 4.69) is 20.2 Å². The van der Waals surface area contributed by atoms with E-state index < -0.39 is 5.54 Å². The van der Waals surface area contributed by atoms with Gasteiger partial charge in [0.15, 0.2) is 0 Å². The second-order valence-corrected chi connectivity index (χ2v) is 8.41. The molecule has 170 valence electrons. The molecule has 0 bridgehead atoms. The topological polar surface area (TPSA) is 134 Å². The van der Waals surface area contributed by atoms with Gasteiger partial charge in [0, 0.05) is 29.9 Å². The molecule has 2 aromatic rings. The van der Waals surface area contributed by atoms with Gasteiger partial charge < -0.3 is 27.1 Å². The number of aromatic nitrogens is 2. The van der Waals surface area contributed by atoms with Gasteiger partial charge in [-0.25, -0.2) is 9.97 Å². The number of rotatable bonds is 7. The number of nitrogen functional groups attached to an aromatic ring is 1. The van der Waals surface area contributed by atoms with Crippen LogP contribution in [0.1, 0.15) is 50.3 Å². The molecule has 0 unspecified atom stereocenters. The molecule has 9 heteroatoms. The maximum Gasteiger partial charge on any atom is 0.240 e. The van der Waals surface area contributed by atoms with E-state index in [4.69, 9.17) is 28.5 Å². The summed E-state index contributed by atoms with van der Waals surface area (Å²) in [6, 6.07) is 7.36. The zero-order valence-electron chi connectivity index (χ0n) is 18.4. The first-order chi connectivity index (χ1) is 15.3.